The molecular weight excluding hydrogens is 226 g/mol. The predicted molar refractivity (Wildman–Crippen MR) is 62.7 cm³/mol. The van der Waals surface area contributed by atoms with E-state index in [4.69, 9.17) is 17.3 Å². The number of nitrogens with two attached hydrogens (primary N) is 1. The average molecular weight is 238 g/mol. The number of halogens is 1. The molecule has 5 nitrogen and oxygen atoms in total. The summed E-state index contributed by atoms with van der Waals surface area (Å²) < 4.78 is 1.68. The number of benzene rings is 1. The van der Waals surface area contributed by atoms with Crippen LogP contribution in [0, 0.1) is 6.92 Å². The lowest BCUT2D eigenvalue weighted by molar-refractivity contribution is 0.762. The molecule has 0 amide bonds. The number of nitrogen functional groups attached to an aromatic ring is 1. The molecule has 1 heterocycles. The molecule has 6 heteroatoms. The second kappa shape index (κ2) is 4.09. The van der Waals surface area contributed by atoms with Crippen LogP contribution >= 0.6 is 11.6 Å². The van der Waals surface area contributed by atoms with Crippen molar-refractivity contribution in [2.45, 2.75) is 20.3 Å². The van der Waals surface area contributed by atoms with E-state index in [1.165, 1.54) is 0 Å². The summed E-state index contributed by atoms with van der Waals surface area (Å²) in [5.74, 6) is 0.795. The molecule has 2 rings (SSSR count). The van der Waals surface area contributed by atoms with Crippen molar-refractivity contribution in [3.8, 4) is 5.69 Å². The third-order valence-corrected chi connectivity index (χ3v) is 2.72. The Labute approximate surface area is 98.2 Å². The Balaban J connectivity index is 2.60. The van der Waals surface area contributed by atoms with Crippen LogP contribution in [0.15, 0.2) is 12.1 Å². The Bertz CT molecular complexity index is 520. The summed E-state index contributed by atoms with van der Waals surface area (Å²) in [6, 6.07) is 3.60. The van der Waals surface area contributed by atoms with Crippen molar-refractivity contribution < 1.29 is 0 Å². The van der Waals surface area contributed by atoms with Crippen LogP contribution in [0.5, 0.6) is 0 Å². The van der Waals surface area contributed by atoms with Crippen LogP contribution in [0.3, 0.4) is 0 Å². The van der Waals surface area contributed by atoms with Crippen LogP contribution in [0.1, 0.15) is 18.3 Å². The van der Waals surface area contributed by atoms with Crippen LogP contribution in [-0.2, 0) is 6.42 Å². The van der Waals surface area contributed by atoms with Gasteiger partial charge in [-0.15, -0.1) is 5.10 Å². The third kappa shape index (κ3) is 1.74. The largest absolute Gasteiger partial charge is 0.398 e. The van der Waals surface area contributed by atoms with Gasteiger partial charge in [-0.25, -0.2) is 0 Å². The number of nitrogens with zero attached hydrogens (tertiary/aromatic N) is 4. The van der Waals surface area contributed by atoms with Crippen molar-refractivity contribution in [1.82, 2.24) is 20.2 Å². The summed E-state index contributed by atoms with van der Waals surface area (Å²) in [7, 11) is 0. The number of aryl methyl sites for hydroxylation is 2. The summed E-state index contributed by atoms with van der Waals surface area (Å²) in [6.45, 7) is 3.94. The maximum absolute atomic E-state index is 5.99. The molecule has 0 saturated carbocycles. The highest BCUT2D eigenvalue weighted by Gasteiger charge is 2.10. The number of aromatic nitrogens is 4. The first-order valence-electron chi connectivity index (χ1n) is 4.96. The highest BCUT2D eigenvalue weighted by Crippen LogP contribution is 2.25. The van der Waals surface area contributed by atoms with E-state index in [9.17, 15) is 0 Å². The van der Waals surface area contributed by atoms with E-state index in [2.05, 4.69) is 15.5 Å². The van der Waals surface area contributed by atoms with E-state index in [1.54, 1.807) is 10.7 Å². The van der Waals surface area contributed by atoms with E-state index in [1.807, 2.05) is 19.9 Å². The second-order valence-corrected chi connectivity index (χ2v) is 3.93. The Morgan fingerprint density at radius 1 is 1.44 bits per heavy atom. The number of anilines is 1. The van der Waals surface area contributed by atoms with E-state index in [-0.39, 0.29) is 0 Å². The maximum Gasteiger partial charge on any atom is 0.156 e. The summed E-state index contributed by atoms with van der Waals surface area (Å²) in [6.07, 6.45) is 0.758. The van der Waals surface area contributed by atoms with Crippen molar-refractivity contribution in [1.29, 1.82) is 0 Å². The topological polar surface area (TPSA) is 69.6 Å². The molecular formula is C10H12ClN5. The molecule has 0 unspecified atom stereocenters. The van der Waals surface area contributed by atoms with E-state index >= 15 is 0 Å². The lowest BCUT2D eigenvalue weighted by Gasteiger charge is -2.09. The Morgan fingerprint density at radius 2 is 2.19 bits per heavy atom. The molecule has 0 spiro atoms. The Morgan fingerprint density at radius 3 is 2.88 bits per heavy atom. The Hall–Kier alpha value is -1.62. The van der Waals surface area contributed by atoms with Gasteiger partial charge in [0.15, 0.2) is 5.82 Å². The lowest BCUT2D eigenvalue weighted by atomic mass is 10.2. The van der Waals surface area contributed by atoms with Gasteiger partial charge < -0.3 is 5.73 Å². The summed E-state index contributed by atoms with van der Waals surface area (Å²) in [5.41, 5.74) is 8.14. The van der Waals surface area contributed by atoms with Crippen molar-refractivity contribution >= 4 is 17.3 Å². The summed E-state index contributed by atoms with van der Waals surface area (Å²) >= 11 is 5.99. The van der Waals surface area contributed by atoms with Gasteiger partial charge in [0.05, 0.1) is 16.4 Å². The minimum absolute atomic E-state index is 0.512. The van der Waals surface area contributed by atoms with Gasteiger partial charge in [0.1, 0.15) is 0 Å². The molecule has 0 bridgehead atoms. The molecule has 0 aliphatic rings. The van der Waals surface area contributed by atoms with E-state index in [0.29, 0.717) is 10.7 Å². The molecule has 1 aromatic carbocycles. The van der Waals surface area contributed by atoms with Crippen LogP contribution in [0.25, 0.3) is 5.69 Å². The van der Waals surface area contributed by atoms with Crippen LogP contribution in [0.4, 0.5) is 5.69 Å². The fourth-order valence-corrected chi connectivity index (χ4v) is 1.69. The number of hydrogen-bond donors (Lipinski definition) is 1. The molecule has 0 atom stereocenters. The average Bonchev–Trinajstić information content (AvgIpc) is 2.71. The zero-order valence-electron chi connectivity index (χ0n) is 9.11. The van der Waals surface area contributed by atoms with Gasteiger partial charge in [0, 0.05) is 6.42 Å². The smallest absolute Gasteiger partial charge is 0.156 e. The van der Waals surface area contributed by atoms with E-state index in [0.717, 1.165) is 23.5 Å². The quantitative estimate of drug-likeness (QED) is 0.809. The van der Waals surface area contributed by atoms with Gasteiger partial charge in [-0.2, -0.15) is 4.68 Å². The van der Waals surface area contributed by atoms with Crippen LogP contribution < -0.4 is 5.73 Å². The molecule has 0 aliphatic carbocycles. The molecule has 1 aromatic heterocycles. The summed E-state index contributed by atoms with van der Waals surface area (Å²) in [4.78, 5) is 0. The number of tetrazole rings is 1. The summed E-state index contributed by atoms with van der Waals surface area (Å²) in [5, 5.41) is 12.0. The van der Waals surface area contributed by atoms with Crippen LogP contribution in [-0.4, -0.2) is 20.2 Å². The SMILES string of the molecule is CCc1nnnn1-c1cc(Cl)c(N)cc1C. The molecule has 84 valence electrons. The van der Waals surface area contributed by atoms with Gasteiger partial charge in [0.2, 0.25) is 0 Å². The fourth-order valence-electron chi connectivity index (χ4n) is 1.53. The van der Waals surface area contributed by atoms with Gasteiger partial charge in [-0.05, 0) is 35.0 Å². The number of hydrogen-bond acceptors (Lipinski definition) is 4. The van der Waals surface area contributed by atoms with Gasteiger partial charge >= 0.3 is 0 Å². The van der Waals surface area contributed by atoms with Crippen molar-refractivity contribution in [2.24, 2.45) is 0 Å². The van der Waals surface area contributed by atoms with E-state index < -0.39 is 0 Å². The zero-order chi connectivity index (χ0) is 11.7. The first kappa shape index (κ1) is 10.9. The monoisotopic (exact) mass is 237 g/mol. The minimum Gasteiger partial charge on any atom is -0.398 e. The fraction of sp³-hybridized carbons (Fsp3) is 0.300. The van der Waals surface area contributed by atoms with Crippen LogP contribution in [0.2, 0.25) is 5.02 Å². The molecule has 0 fully saturated rings. The maximum atomic E-state index is 5.99. The third-order valence-electron chi connectivity index (χ3n) is 2.39. The van der Waals surface area contributed by atoms with Crippen molar-refractivity contribution in [3.63, 3.8) is 0 Å². The predicted octanol–water partition coefficient (Wildman–Crippen LogP) is 1.77. The highest BCUT2D eigenvalue weighted by molar-refractivity contribution is 6.33. The molecule has 0 saturated heterocycles. The zero-order valence-corrected chi connectivity index (χ0v) is 9.86. The van der Waals surface area contributed by atoms with Crippen molar-refractivity contribution in [3.05, 3.63) is 28.5 Å². The molecule has 2 aromatic rings. The first-order valence-corrected chi connectivity index (χ1v) is 5.34. The van der Waals surface area contributed by atoms with Gasteiger partial charge in [0.25, 0.3) is 0 Å². The first-order chi connectivity index (χ1) is 7.63. The highest BCUT2D eigenvalue weighted by atomic mass is 35.5. The van der Waals surface area contributed by atoms with Gasteiger partial charge in [-0.3, -0.25) is 0 Å². The molecule has 0 aliphatic heterocycles. The Kier molecular flexibility index (Phi) is 2.78. The molecule has 0 radical (unpaired) electrons. The molecule has 16 heavy (non-hydrogen) atoms. The van der Waals surface area contributed by atoms with Crippen molar-refractivity contribution in [2.75, 3.05) is 5.73 Å². The standard InChI is InChI=1S/C10H12ClN5/c1-3-10-13-14-15-16(10)9-5-7(11)8(12)4-6(9)2/h4-5H,3,12H2,1-2H3. The molecule has 2 N–H and O–H groups in total. The lowest BCUT2D eigenvalue weighted by Crippen LogP contribution is -2.05. The second-order valence-electron chi connectivity index (χ2n) is 3.52. The minimum atomic E-state index is 0.512. The van der Waals surface area contributed by atoms with Gasteiger partial charge in [-0.1, -0.05) is 18.5 Å². The number of rotatable bonds is 2. The normalized spacial score (nSPS) is 10.7.